The average Bonchev–Trinajstić information content (AvgIpc) is 3.41. The van der Waals surface area contributed by atoms with Crippen LogP contribution in [-0.2, 0) is 19.5 Å². The Hall–Kier alpha value is -4.24. The number of aromatic nitrogens is 1. The highest BCUT2D eigenvalue weighted by Crippen LogP contribution is 2.33. The molecule has 0 radical (unpaired) electrons. The highest BCUT2D eigenvalue weighted by atomic mass is 32.1. The number of ether oxygens (including phenoxy) is 4. The summed E-state index contributed by atoms with van der Waals surface area (Å²) in [5, 5.41) is 4.94. The van der Waals surface area contributed by atoms with Gasteiger partial charge in [-0.2, -0.15) is 0 Å². The Bertz CT molecular complexity index is 1620. The summed E-state index contributed by atoms with van der Waals surface area (Å²) in [6, 6.07) is 17.8. The largest absolute Gasteiger partial charge is 0.493 e. The minimum atomic E-state index is -0.122. The molecule has 9 heteroatoms. The molecule has 0 aliphatic carbocycles. The van der Waals surface area contributed by atoms with Crippen molar-refractivity contribution < 1.29 is 18.9 Å². The van der Waals surface area contributed by atoms with E-state index in [2.05, 4.69) is 29.4 Å². The van der Waals surface area contributed by atoms with E-state index in [1.807, 2.05) is 54.3 Å². The van der Waals surface area contributed by atoms with Gasteiger partial charge in [0.15, 0.2) is 28.1 Å². The topological polar surface area (TPSA) is 85.1 Å². The van der Waals surface area contributed by atoms with E-state index in [0.717, 1.165) is 45.3 Å². The summed E-state index contributed by atoms with van der Waals surface area (Å²) in [5.41, 5.74) is 5.66. The average molecular weight is 560 g/mol. The quantitative estimate of drug-likeness (QED) is 0.277. The number of benzene rings is 3. The molecule has 3 aromatic carbocycles. The summed E-state index contributed by atoms with van der Waals surface area (Å²) < 4.78 is 21.8. The number of thiocarbonyl (C=S) groups is 1. The lowest BCUT2D eigenvalue weighted by atomic mass is 10.0. The van der Waals surface area contributed by atoms with E-state index in [9.17, 15) is 4.79 Å². The summed E-state index contributed by atoms with van der Waals surface area (Å²) in [6.45, 7) is 5.72. The highest BCUT2D eigenvalue weighted by molar-refractivity contribution is 7.80. The molecular formula is C31H33N3O5S. The number of hydrogen-bond donors (Lipinski definition) is 2. The van der Waals surface area contributed by atoms with Crippen molar-refractivity contribution in [2.24, 2.45) is 0 Å². The second-order valence-corrected chi connectivity index (χ2v) is 10.3. The van der Waals surface area contributed by atoms with Crippen molar-refractivity contribution in [1.82, 2.24) is 15.2 Å². The number of nitrogens with one attached hydrogen (secondary N) is 2. The van der Waals surface area contributed by atoms with Gasteiger partial charge < -0.3 is 34.1 Å². The fourth-order valence-electron chi connectivity index (χ4n) is 4.98. The number of fused-ring (bicyclic) bond motifs is 2. The van der Waals surface area contributed by atoms with Crippen molar-refractivity contribution in [2.75, 3.05) is 27.6 Å². The highest BCUT2D eigenvalue weighted by Gasteiger charge is 2.18. The SMILES string of the molecule is COc1ccc(CCNC(=S)N(Cc2ccc3c(c2)OCO3)Cc2cc3cc(C)cc(C)c3[nH]c2=O)cc1OC. The molecule has 1 aromatic heterocycles. The number of hydrogen-bond acceptors (Lipinski definition) is 6. The molecule has 0 fully saturated rings. The number of rotatable bonds is 9. The maximum Gasteiger partial charge on any atom is 0.253 e. The van der Waals surface area contributed by atoms with Crippen LogP contribution in [-0.4, -0.2) is 42.6 Å². The maximum atomic E-state index is 13.1. The summed E-state index contributed by atoms with van der Waals surface area (Å²) in [5.74, 6) is 2.81. The van der Waals surface area contributed by atoms with E-state index >= 15 is 0 Å². The Morgan fingerprint density at radius 2 is 1.73 bits per heavy atom. The Morgan fingerprint density at radius 1 is 0.950 bits per heavy atom. The van der Waals surface area contributed by atoms with Crippen LogP contribution in [0.4, 0.5) is 0 Å². The standard InChI is InChI=1S/C31H33N3O5S/c1-19-11-20(2)29-23(12-19)15-24(30(35)33-29)17-34(16-22-6-8-26-28(14-22)39-18-38-26)31(40)32-10-9-21-5-7-25(36-3)27(13-21)37-4/h5-8,11-15H,9-10,16-18H2,1-4H3,(H,32,40)(H,33,35). The van der Waals surface area contributed by atoms with Gasteiger partial charge in [-0.25, -0.2) is 0 Å². The third kappa shape index (κ3) is 5.99. The molecule has 2 N–H and O–H groups in total. The Morgan fingerprint density at radius 3 is 2.52 bits per heavy atom. The predicted octanol–water partition coefficient (Wildman–Crippen LogP) is 5.01. The van der Waals surface area contributed by atoms with Crippen molar-refractivity contribution in [1.29, 1.82) is 0 Å². The molecule has 5 rings (SSSR count). The molecule has 0 spiro atoms. The summed E-state index contributed by atoms with van der Waals surface area (Å²) in [6.07, 6.45) is 0.730. The van der Waals surface area contributed by atoms with E-state index in [0.29, 0.717) is 47.6 Å². The number of H-pyrrole nitrogens is 1. The fraction of sp³-hybridized carbons (Fsp3) is 0.290. The maximum absolute atomic E-state index is 13.1. The molecular weight excluding hydrogens is 526 g/mol. The second-order valence-electron chi connectivity index (χ2n) is 9.88. The van der Waals surface area contributed by atoms with Crippen LogP contribution < -0.4 is 29.8 Å². The van der Waals surface area contributed by atoms with E-state index in [1.165, 1.54) is 0 Å². The molecule has 0 unspecified atom stereocenters. The summed E-state index contributed by atoms with van der Waals surface area (Å²) >= 11 is 5.86. The van der Waals surface area contributed by atoms with Gasteiger partial charge >= 0.3 is 0 Å². The molecule has 0 amide bonds. The molecule has 1 aliphatic rings. The zero-order valence-electron chi connectivity index (χ0n) is 23.1. The van der Waals surface area contributed by atoms with Crippen LogP contribution in [0.3, 0.4) is 0 Å². The zero-order valence-corrected chi connectivity index (χ0v) is 23.9. The van der Waals surface area contributed by atoms with E-state index in [-0.39, 0.29) is 12.4 Å². The summed E-state index contributed by atoms with van der Waals surface area (Å²) in [4.78, 5) is 18.2. The van der Waals surface area contributed by atoms with Gasteiger partial charge in [-0.15, -0.1) is 0 Å². The number of methoxy groups -OCH3 is 2. The minimum Gasteiger partial charge on any atom is -0.493 e. The van der Waals surface area contributed by atoms with Gasteiger partial charge in [0.1, 0.15) is 0 Å². The molecule has 0 saturated heterocycles. The van der Waals surface area contributed by atoms with Crippen molar-refractivity contribution in [3.63, 3.8) is 0 Å². The van der Waals surface area contributed by atoms with Crippen LogP contribution in [0.2, 0.25) is 0 Å². The van der Waals surface area contributed by atoms with Crippen molar-refractivity contribution >= 4 is 28.2 Å². The van der Waals surface area contributed by atoms with Gasteiger partial charge in [0.2, 0.25) is 6.79 Å². The first-order valence-electron chi connectivity index (χ1n) is 13.1. The lowest BCUT2D eigenvalue weighted by Crippen LogP contribution is -2.40. The molecule has 4 aromatic rings. The molecule has 0 saturated carbocycles. The molecule has 0 atom stereocenters. The van der Waals surface area contributed by atoms with Crippen molar-refractivity contribution in [3.8, 4) is 23.0 Å². The van der Waals surface area contributed by atoms with Crippen LogP contribution in [0, 0.1) is 13.8 Å². The first kappa shape index (κ1) is 27.3. The Balaban J connectivity index is 1.36. The van der Waals surface area contributed by atoms with Crippen LogP contribution in [0.1, 0.15) is 27.8 Å². The van der Waals surface area contributed by atoms with Gasteiger partial charge in [-0.3, -0.25) is 4.79 Å². The van der Waals surface area contributed by atoms with E-state index < -0.39 is 0 Å². The number of aromatic amines is 1. The molecule has 1 aliphatic heterocycles. The number of pyridine rings is 1. The minimum absolute atomic E-state index is 0.122. The van der Waals surface area contributed by atoms with Gasteiger partial charge in [0.25, 0.3) is 5.56 Å². The third-order valence-corrected chi connectivity index (χ3v) is 7.37. The lowest BCUT2D eigenvalue weighted by Gasteiger charge is -2.26. The fourth-order valence-corrected chi connectivity index (χ4v) is 5.21. The monoisotopic (exact) mass is 559 g/mol. The normalized spacial score (nSPS) is 11.9. The zero-order chi connectivity index (χ0) is 28.2. The molecule has 40 heavy (non-hydrogen) atoms. The smallest absolute Gasteiger partial charge is 0.253 e. The molecule has 208 valence electrons. The Kier molecular flexibility index (Phi) is 8.11. The van der Waals surface area contributed by atoms with Gasteiger partial charge in [0.05, 0.1) is 26.3 Å². The van der Waals surface area contributed by atoms with Gasteiger partial charge in [-0.1, -0.05) is 23.8 Å². The van der Waals surface area contributed by atoms with Crippen LogP contribution in [0.15, 0.2) is 59.4 Å². The van der Waals surface area contributed by atoms with E-state index in [1.54, 1.807) is 14.2 Å². The second kappa shape index (κ2) is 11.9. The van der Waals surface area contributed by atoms with Crippen molar-refractivity contribution in [2.45, 2.75) is 33.4 Å². The molecule has 0 bridgehead atoms. The van der Waals surface area contributed by atoms with Crippen LogP contribution >= 0.6 is 12.2 Å². The number of aryl methyl sites for hydroxylation is 2. The van der Waals surface area contributed by atoms with Gasteiger partial charge in [0, 0.05) is 18.7 Å². The first-order chi connectivity index (χ1) is 19.3. The summed E-state index contributed by atoms with van der Waals surface area (Å²) in [7, 11) is 3.25. The van der Waals surface area contributed by atoms with Crippen LogP contribution in [0.25, 0.3) is 10.9 Å². The third-order valence-electron chi connectivity index (χ3n) is 6.97. The van der Waals surface area contributed by atoms with Crippen LogP contribution in [0.5, 0.6) is 23.0 Å². The van der Waals surface area contributed by atoms with Gasteiger partial charge in [-0.05, 0) is 91.0 Å². The Labute approximate surface area is 238 Å². The first-order valence-corrected chi connectivity index (χ1v) is 13.5. The lowest BCUT2D eigenvalue weighted by molar-refractivity contribution is 0.174. The predicted molar refractivity (Wildman–Crippen MR) is 160 cm³/mol. The van der Waals surface area contributed by atoms with Crippen molar-refractivity contribution in [3.05, 3.63) is 92.8 Å². The number of nitrogens with zero attached hydrogens (tertiary/aromatic N) is 1. The molecule has 8 nitrogen and oxygen atoms in total. The van der Waals surface area contributed by atoms with E-state index in [4.69, 9.17) is 31.2 Å². The molecule has 2 heterocycles.